The first kappa shape index (κ1) is 17.3. The van der Waals surface area contributed by atoms with Gasteiger partial charge in [0.25, 0.3) is 0 Å². The fraction of sp³-hybridized carbons (Fsp3) is 0.556. The van der Waals surface area contributed by atoms with Gasteiger partial charge in [-0.05, 0) is 24.5 Å². The van der Waals surface area contributed by atoms with E-state index in [9.17, 15) is 9.59 Å². The highest BCUT2D eigenvalue weighted by molar-refractivity contribution is 5.89. The van der Waals surface area contributed by atoms with Gasteiger partial charge in [0.05, 0.1) is 12.5 Å². The monoisotopic (exact) mass is 318 g/mol. The minimum atomic E-state index is -0.230. The number of hydrogen-bond acceptors (Lipinski definition) is 3. The second-order valence-electron chi connectivity index (χ2n) is 6.38. The highest BCUT2D eigenvalue weighted by Gasteiger charge is 2.33. The van der Waals surface area contributed by atoms with E-state index in [2.05, 4.69) is 19.2 Å². The summed E-state index contributed by atoms with van der Waals surface area (Å²) >= 11 is 0. The Hall–Kier alpha value is -2.04. The molecule has 0 bridgehead atoms. The molecule has 1 heterocycles. The lowest BCUT2D eigenvalue weighted by atomic mass is 10.1. The minimum Gasteiger partial charge on any atom is -0.492 e. The summed E-state index contributed by atoms with van der Waals surface area (Å²) in [6.07, 6.45) is 1.30. The molecule has 2 rings (SSSR count). The van der Waals surface area contributed by atoms with Gasteiger partial charge in [0.15, 0.2) is 0 Å². The summed E-state index contributed by atoms with van der Waals surface area (Å²) in [5, 5.41) is 2.86. The van der Waals surface area contributed by atoms with Gasteiger partial charge in [-0.15, -0.1) is 0 Å². The number of hydrogen-bond donors (Lipinski definition) is 1. The summed E-state index contributed by atoms with van der Waals surface area (Å²) in [7, 11) is 0. The van der Waals surface area contributed by atoms with Crippen molar-refractivity contribution in [2.45, 2.75) is 26.7 Å². The van der Waals surface area contributed by atoms with Crippen LogP contribution in [-0.4, -0.2) is 43.0 Å². The van der Waals surface area contributed by atoms with E-state index < -0.39 is 0 Å². The summed E-state index contributed by atoms with van der Waals surface area (Å²) < 4.78 is 5.53. The van der Waals surface area contributed by atoms with Crippen LogP contribution in [0, 0.1) is 11.8 Å². The van der Waals surface area contributed by atoms with Crippen molar-refractivity contribution < 1.29 is 14.3 Å². The number of carbonyl (C=O) groups excluding carboxylic acids is 2. The molecule has 1 aromatic rings. The topological polar surface area (TPSA) is 58.6 Å². The molecule has 0 spiro atoms. The van der Waals surface area contributed by atoms with E-state index in [4.69, 9.17) is 4.74 Å². The zero-order valence-corrected chi connectivity index (χ0v) is 14.0. The first-order valence-corrected chi connectivity index (χ1v) is 8.29. The molecule has 1 N–H and O–H groups in total. The Bertz CT molecular complexity index is 516. The number of likely N-dealkylation sites (tertiary alicyclic amines) is 1. The van der Waals surface area contributed by atoms with Crippen LogP contribution in [-0.2, 0) is 9.59 Å². The molecule has 0 aromatic heterocycles. The molecule has 0 radical (unpaired) electrons. The predicted molar refractivity (Wildman–Crippen MR) is 89.1 cm³/mol. The van der Waals surface area contributed by atoms with E-state index >= 15 is 0 Å². The molecule has 0 saturated carbocycles. The van der Waals surface area contributed by atoms with Crippen molar-refractivity contribution >= 4 is 11.8 Å². The van der Waals surface area contributed by atoms with Crippen LogP contribution in [0.25, 0.3) is 0 Å². The van der Waals surface area contributed by atoms with E-state index in [1.54, 1.807) is 0 Å². The quantitative estimate of drug-likeness (QED) is 0.747. The number of nitrogens with zero attached hydrogens (tertiary/aromatic N) is 1. The van der Waals surface area contributed by atoms with Crippen molar-refractivity contribution in [2.75, 3.05) is 26.2 Å². The average Bonchev–Trinajstić information content (AvgIpc) is 2.91. The number of nitrogens with one attached hydrogen (secondary N) is 1. The molecule has 5 nitrogen and oxygen atoms in total. The van der Waals surface area contributed by atoms with Gasteiger partial charge in [-0.2, -0.15) is 0 Å². The summed E-state index contributed by atoms with van der Waals surface area (Å²) in [6, 6.07) is 9.50. The molecule has 1 saturated heterocycles. The van der Waals surface area contributed by atoms with Crippen molar-refractivity contribution in [3.8, 4) is 5.75 Å². The maximum absolute atomic E-state index is 12.1. The van der Waals surface area contributed by atoms with Gasteiger partial charge in [0, 0.05) is 19.5 Å². The molecule has 1 aliphatic rings. The molecule has 1 fully saturated rings. The van der Waals surface area contributed by atoms with E-state index in [0.717, 1.165) is 18.7 Å². The van der Waals surface area contributed by atoms with Crippen molar-refractivity contribution in [1.82, 2.24) is 10.2 Å². The molecule has 1 atom stereocenters. The van der Waals surface area contributed by atoms with Crippen LogP contribution in [0.2, 0.25) is 0 Å². The van der Waals surface area contributed by atoms with Crippen LogP contribution in [0.4, 0.5) is 0 Å². The SMILES string of the molecule is CC(C)CCN1C[C@H](C(=O)NCCOc2ccccc2)CC1=O. The number of para-hydroxylation sites is 1. The summed E-state index contributed by atoms with van der Waals surface area (Å²) in [5.74, 6) is 1.16. The maximum Gasteiger partial charge on any atom is 0.225 e. The fourth-order valence-corrected chi connectivity index (χ4v) is 2.58. The van der Waals surface area contributed by atoms with Crippen LogP contribution < -0.4 is 10.1 Å². The van der Waals surface area contributed by atoms with Gasteiger partial charge >= 0.3 is 0 Å². The minimum absolute atomic E-state index is 0.0536. The Morgan fingerprint density at radius 1 is 1.35 bits per heavy atom. The Kier molecular flexibility index (Phi) is 6.44. The van der Waals surface area contributed by atoms with Crippen LogP contribution in [0.15, 0.2) is 30.3 Å². The Morgan fingerprint density at radius 3 is 2.78 bits per heavy atom. The van der Waals surface area contributed by atoms with E-state index in [1.807, 2.05) is 35.2 Å². The van der Waals surface area contributed by atoms with Gasteiger partial charge in [0.2, 0.25) is 11.8 Å². The lowest BCUT2D eigenvalue weighted by Crippen LogP contribution is -2.35. The number of benzene rings is 1. The first-order valence-electron chi connectivity index (χ1n) is 8.29. The van der Waals surface area contributed by atoms with Crippen LogP contribution in [0.5, 0.6) is 5.75 Å². The maximum atomic E-state index is 12.1. The molecule has 0 unspecified atom stereocenters. The molecule has 5 heteroatoms. The Balaban J connectivity index is 1.67. The molecule has 1 aliphatic heterocycles. The molecule has 23 heavy (non-hydrogen) atoms. The summed E-state index contributed by atoms with van der Waals surface area (Å²) in [5.41, 5.74) is 0. The lowest BCUT2D eigenvalue weighted by molar-refractivity contribution is -0.129. The standard InChI is InChI=1S/C18H26N2O3/c1-14(2)8-10-20-13-15(12-17(20)21)18(22)19-9-11-23-16-6-4-3-5-7-16/h3-7,14-15H,8-13H2,1-2H3,(H,19,22)/t15-/m1/s1. The number of amides is 2. The number of carbonyl (C=O) groups is 2. The highest BCUT2D eigenvalue weighted by atomic mass is 16.5. The molecular formula is C18H26N2O3. The van der Waals surface area contributed by atoms with E-state index in [1.165, 1.54) is 0 Å². The Labute approximate surface area is 138 Å². The van der Waals surface area contributed by atoms with Crippen LogP contribution in [0.3, 0.4) is 0 Å². The van der Waals surface area contributed by atoms with Crippen molar-refractivity contribution in [2.24, 2.45) is 11.8 Å². The van der Waals surface area contributed by atoms with Crippen molar-refractivity contribution in [1.29, 1.82) is 0 Å². The highest BCUT2D eigenvalue weighted by Crippen LogP contribution is 2.19. The molecular weight excluding hydrogens is 292 g/mol. The van der Waals surface area contributed by atoms with E-state index in [0.29, 0.717) is 32.0 Å². The van der Waals surface area contributed by atoms with Crippen LogP contribution >= 0.6 is 0 Å². The zero-order chi connectivity index (χ0) is 16.7. The van der Waals surface area contributed by atoms with Gasteiger partial charge in [-0.25, -0.2) is 0 Å². The largest absolute Gasteiger partial charge is 0.492 e. The smallest absolute Gasteiger partial charge is 0.225 e. The lowest BCUT2D eigenvalue weighted by Gasteiger charge is -2.17. The van der Waals surface area contributed by atoms with Crippen molar-refractivity contribution in [3.05, 3.63) is 30.3 Å². The van der Waals surface area contributed by atoms with Crippen molar-refractivity contribution in [3.63, 3.8) is 0 Å². The van der Waals surface area contributed by atoms with Gasteiger partial charge in [-0.3, -0.25) is 9.59 Å². The second kappa shape index (κ2) is 8.56. The van der Waals surface area contributed by atoms with Crippen LogP contribution in [0.1, 0.15) is 26.7 Å². The Morgan fingerprint density at radius 2 is 2.09 bits per heavy atom. The molecule has 0 aliphatic carbocycles. The third-order valence-corrected chi connectivity index (χ3v) is 3.97. The summed E-state index contributed by atoms with van der Waals surface area (Å²) in [4.78, 5) is 25.9. The molecule has 1 aromatic carbocycles. The zero-order valence-electron chi connectivity index (χ0n) is 14.0. The average molecular weight is 318 g/mol. The predicted octanol–water partition coefficient (Wildman–Crippen LogP) is 2.08. The molecule has 126 valence electrons. The number of ether oxygens (including phenoxy) is 1. The normalized spacial score (nSPS) is 17.6. The second-order valence-corrected chi connectivity index (χ2v) is 6.38. The third kappa shape index (κ3) is 5.58. The third-order valence-electron chi connectivity index (χ3n) is 3.97. The fourth-order valence-electron chi connectivity index (χ4n) is 2.58. The molecule has 2 amide bonds. The van der Waals surface area contributed by atoms with Gasteiger partial charge < -0.3 is 15.0 Å². The number of rotatable bonds is 8. The van der Waals surface area contributed by atoms with E-state index in [-0.39, 0.29) is 17.7 Å². The van der Waals surface area contributed by atoms with Gasteiger partial charge in [-0.1, -0.05) is 32.0 Å². The van der Waals surface area contributed by atoms with Gasteiger partial charge in [0.1, 0.15) is 12.4 Å². The summed E-state index contributed by atoms with van der Waals surface area (Å²) in [6.45, 7) is 6.43. The first-order chi connectivity index (χ1) is 11.1.